The summed E-state index contributed by atoms with van der Waals surface area (Å²) in [6.45, 7) is 0. The summed E-state index contributed by atoms with van der Waals surface area (Å²) in [5.41, 5.74) is 5.33. The number of hydrogen-bond acceptors (Lipinski definition) is 2. The molecule has 4 rings (SSSR count). The third-order valence-electron chi connectivity index (χ3n) is 4.50. The molecule has 0 bridgehead atoms. The summed E-state index contributed by atoms with van der Waals surface area (Å²) >= 11 is 0. The lowest BCUT2D eigenvalue weighted by atomic mass is 9.74. The fourth-order valence-electron chi connectivity index (χ4n) is 3.23. The van der Waals surface area contributed by atoms with E-state index in [1.165, 1.54) is 0 Å². The Morgan fingerprint density at radius 1 is 1.18 bits per heavy atom. The molecule has 22 heavy (non-hydrogen) atoms. The Morgan fingerprint density at radius 3 is 2.82 bits per heavy atom. The standard InChI is InChI=1S/C18H17N3O/c22-18(20-19-16-12-13-6-5-8-14(13)16)15-7-1-2-9-17(15)21-10-3-4-11-21/h1-7,9-11,13-14H,8,12H2,(H,20,22)/b19-16-/t13-,14+/m1/s1. The first-order valence-electron chi connectivity index (χ1n) is 7.59. The summed E-state index contributed by atoms with van der Waals surface area (Å²) in [5.74, 6) is 0.994. The lowest BCUT2D eigenvalue weighted by molar-refractivity contribution is 0.0954. The fraction of sp³-hybridized carbons (Fsp3) is 0.222. The maximum absolute atomic E-state index is 12.5. The smallest absolute Gasteiger partial charge is 0.273 e. The lowest BCUT2D eigenvalue weighted by Crippen LogP contribution is -2.35. The zero-order valence-corrected chi connectivity index (χ0v) is 12.1. The number of fused-ring (bicyclic) bond motifs is 1. The summed E-state index contributed by atoms with van der Waals surface area (Å²) < 4.78 is 1.93. The zero-order valence-electron chi connectivity index (χ0n) is 12.1. The van der Waals surface area contributed by atoms with Crippen LogP contribution >= 0.6 is 0 Å². The van der Waals surface area contributed by atoms with E-state index in [0.717, 1.165) is 24.2 Å². The van der Waals surface area contributed by atoms with Gasteiger partial charge in [0.2, 0.25) is 0 Å². The molecule has 4 heteroatoms. The molecule has 0 unspecified atom stereocenters. The monoisotopic (exact) mass is 291 g/mol. The van der Waals surface area contributed by atoms with Crippen molar-refractivity contribution in [2.75, 3.05) is 0 Å². The molecule has 1 fully saturated rings. The second-order valence-electron chi connectivity index (χ2n) is 5.79. The molecule has 1 heterocycles. The van der Waals surface area contributed by atoms with Gasteiger partial charge in [-0.05, 0) is 43.0 Å². The van der Waals surface area contributed by atoms with Crippen molar-refractivity contribution < 1.29 is 4.79 Å². The Kier molecular flexibility index (Phi) is 3.15. The first-order valence-corrected chi connectivity index (χ1v) is 7.59. The molecule has 4 nitrogen and oxygen atoms in total. The second kappa shape index (κ2) is 5.30. The number of nitrogens with zero attached hydrogens (tertiary/aromatic N) is 2. The molecule has 1 aromatic carbocycles. The molecule has 2 aliphatic carbocycles. The van der Waals surface area contributed by atoms with Crippen molar-refractivity contribution >= 4 is 11.6 Å². The number of allylic oxidation sites excluding steroid dienone is 2. The van der Waals surface area contributed by atoms with E-state index in [2.05, 4.69) is 22.7 Å². The van der Waals surface area contributed by atoms with E-state index in [1.54, 1.807) is 0 Å². The first-order chi connectivity index (χ1) is 10.8. The van der Waals surface area contributed by atoms with Crippen LogP contribution in [0, 0.1) is 11.8 Å². The van der Waals surface area contributed by atoms with Crippen molar-refractivity contribution in [1.82, 2.24) is 9.99 Å². The Hall–Kier alpha value is -2.62. The van der Waals surface area contributed by atoms with Crippen molar-refractivity contribution in [2.45, 2.75) is 12.8 Å². The van der Waals surface area contributed by atoms with Gasteiger partial charge in [0.25, 0.3) is 5.91 Å². The second-order valence-corrected chi connectivity index (χ2v) is 5.79. The van der Waals surface area contributed by atoms with E-state index in [9.17, 15) is 4.79 Å². The van der Waals surface area contributed by atoms with Crippen molar-refractivity contribution in [1.29, 1.82) is 0 Å². The summed E-state index contributed by atoms with van der Waals surface area (Å²) in [4.78, 5) is 12.5. The highest BCUT2D eigenvalue weighted by molar-refractivity contribution is 6.00. The van der Waals surface area contributed by atoms with Gasteiger partial charge in [0.05, 0.1) is 11.3 Å². The van der Waals surface area contributed by atoms with E-state index in [0.29, 0.717) is 17.4 Å². The van der Waals surface area contributed by atoms with E-state index < -0.39 is 0 Å². The van der Waals surface area contributed by atoms with Gasteiger partial charge in [0.15, 0.2) is 0 Å². The fourth-order valence-corrected chi connectivity index (χ4v) is 3.23. The molecule has 1 amide bonds. The SMILES string of the molecule is O=C(N/N=C1/C[C@H]2C=CC[C@H]12)c1ccccc1-n1cccc1. The zero-order chi connectivity index (χ0) is 14.9. The number of hydrogen-bond donors (Lipinski definition) is 1. The number of benzene rings is 1. The maximum atomic E-state index is 12.5. The molecular formula is C18H17N3O. The van der Waals surface area contributed by atoms with Crippen molar-refractivity contribution in [3.63, 3.8) is 0 Å². The minimum absolute atomic E-state index is 0.161. The van der Waals surface area contributed by atoms with Crippen molar-refractivity contribution in [3.8, 4) is 5.69 Å². The molecule has 2 atom stereocenters. The number of rotatable bonds is 3. The highest BCUT2D eigenvalue weighted by Crippen LogP contribution is 2.40. The average Bonchev–Trinajstić information content (AvgIpc) is 3.17. The van der Waals surface area contributed by atoms with Gasteiger partial charge in [0, 0.05) is 24.0 Å². The van der Waals surface area contributed by atoms with Gasteiger partial charge in [-0.25, -0.2) is 5.43 Å². The molecule has 0 radical (unpaired) electrons. The molecule has 2 aromatic rings. The minimum atomic E-state index is -0.161. The van der Waals surface area contributed by atoms with E-state index in [4.69, 9.17) is 0 Å². The average molecular weight is 291 g/mol. The largest absolute Gasteiger partial charge is 0.323 e. The van der Waals surface area contributed by atoms with Crippen LogP contribution in [0.2, 0.25) is 0 Å². The number of carbonyl (C=O) groups excluding carboxylic acids is 1. The number of hydrazone groups is 1. The van der Waals surface area contributed by atoms with E-state index in [-0.39, 0.29) is 5.91 Å². The summed E-state index contributed by atoms with van der Waals surface area (Å²) in [6.07, 6.45) is 10.4. The van der Waals surface area contributed by atoms with Crippen LogP contribution in [-0.2, 0) is 0 Å². The van der Waals surface area contributed by atoms with Gasteiger partial charge in [-0.3, -0.25) is 4.79 Å². The number of carbonyl (C=O) groups is 1. The molecule has 1 saturated carbocycles. The topological polar surface area (TPSA) is 46.4 Å². The van der Waals surface area contributed by atoms with Crippen molar-refractivity contribution in [2.24, 2.45) is 16.9 Å². The van der Waals surface area contributed by atoms with Gasteiger partial charge < -0.3 is 4.57 Å². The predicted octanol–water partition coefficient (Wildman–Crippen LogP) is 3.16. The van der Waals surface area contributed by atoms with Crippen molar-refractivity contribution in [3.05, 3.63) is 66.5 Å². The van der Waals surface area contributed by atoms with Crippen LogP contribution in [0.15, 0.2) is 66.0 Å². The Labute approximate surface area is 129 Å². The summed E-state index contributed by atoms with van der Waals surface area (Å²) in [6, 6.07) is 11.4. The van der Waals surface area contributed by atoms with Crippen LogP contribution in [0.5, 0.6) is 0 Å². The molecule has 2 aliphatic rings. The van der Waals surface area contributed by atoms with Crippen LogP contribution in [0.25, 0.3) is 5.69 Å². The van der Waals surface area contributed by atoms with Crippen LogP contribution in [0.3, 0.4) is 0 Å². The summed E-state index contributed by atoms with van der Waals surface area (Å²) in [5, 5.41) is 4.34. The maximum Gasteiger partial charge on any atom is 0.273 e. The quantitative estimate of drug-likeness (QED) is 0.685. The molecule has 110 valence electrons. The van der Waals surface area contributed by atoms with Gasteiger partial charge in [0.1, 0.15) is 0 Å². The highest BCUT2D eigenvalue weighted by atomic mass is 16.2. The number of para-hydroxylation sites is 1. The van der Waals surface area contributed by atoms with Gasteiger partial charge >= 0.3 is 0 Å². The number of aromatic nitrogens is 1. The first kappa shape index (κ1) is 13.1. The molecule has 1 N–H and O–H groups in total. The summed E-state index contributed by atoms with van der Waals surface area (Å²) in [7, 11) is 0. The van der Waals surface area contributed by atoms with Gasteiger partial charge in [-0.1, -0.05) is 24.3 Å². The van der Waals surface area contributed by atoms with Crippen LogP contribution in [-0.4, -0.2) is 16.2 Å². The third-order valence-corrected chi connectivity index (χ3v) is 4.50. The molecule has 0 spiro atoms. The minimum Gasteiger partial charge on any atom is -0.323 e. The molecule has 1 aromatic heterocycles. The van der Waals surface area contributed by atoms with Crippen LogP contribution in [0.4, 0.5) is 0 Å². The predicted molar refractivity (Wildman–Crippen MR) is 86.0 cm³/mol. The highest BCUT2D eigenvalue weighted by Gasteiger charge is 2.38. The third kappa shape index (κ3) is 2.17. The van der Waals surface area contributed by atoms with Crippen LogP contribution in [0.1, 0.15) is 23.2 Å². The van der Waals surface area contributed by atoms with Gasteiger partial charge in [-0.15, -0.1) is 0 Å². The van der Waals surface area contributed by atoms with Crippen LogP contribution < -0.4 is 5.43 Å². The Bertz CT molecular complexity index is 758. The molecule has 0 saturated heterocycles. The van der Waals surface area contributed by atoms with E-state index >= 15 is 0 Å². The number of amides is 1. The lowest BCUT2D eigenvalue weighted by Gasteiger charge is -2.31. The number of nitrogens with one attached hydrogen (secondary N) is 1. The Morgan fingerprint density at radius 2 is 2.00 bits per heavy atom. The van der Waals surface area contributed by atoms with E-state index in [1.807, 2.05) is 53.4 Å². The molecule has 0 aliphatic heterocycles. The Balaban J connectivity index is 1.53. The normalized spacial score (nSPS) is 24.1. The molecular weight excluding hydrogens is 274 g/mol. The van der Waals surface area contributed by atoms with Gasteiger partial charge in [-0.2, -0.15) is 5.10 Å².